The third kappa shape index (κ3) is 5.50. The molecule has 0 atom stereocenters. The van der Waals surface area contributed by atoms with E-state index in [0.717, 1.165) is 0 Å². The molecule has 1 heteroatoms. The summed E-state index contributed by atoms with van der Waals surface area (Å²) in [5.74, 6) is 0. The molecule has 0 aliphatic carbocycles. The first-order valence-corrected chi connectivity index (χ1v) is 17.8. The fourth-order valence-electron chi connectivity index (χ4n) is 7.36. The van der Waals surface area contributed by atoms with Crippen LogP contribution in [0.15, 0.2) is 188 Å². The molecular formula is C48H31I. The predicted molar refractivity (Wildman–Crippen MR) is 219 cm³/mol. The van der Waals surface area contributed by atoms with Gasteiger partial charge in [0.05, 0.1) is 0 Å². The highest BCUT2D eigenvalue weighted by atomic mass is 127. The Labute approximate surface area is 300 Å². The molecule has 0 bridgehead atoms. The molecule has 0 aliphatic heterocycles. The Balaban J connectivity index is 1.20. The summed E-state index contributed by atoms with van der Waals surface area (Å²) in [6.07, 6.45) is 0. The number of rotatable bonds is 5. The number of benzene rings is 9. The van der Waals surface area contributed by atoms with Gasteiger partial charge in [0, 0.05) is 3.57 Å². The first kappa shape index (κ1) is 29.6. The minimum absolute atomic E-state index is 1.21. The number of halogens is 1. The van der Waals surface area contributed by atoms with Crippen molar-refractivity contribution in [3.05, 3.63) is 192 Å². The molecule has 49 heavy (non-hydrogen) atoms. The van der Waals surface area contributed by atoms with Crippen LogP contribution in [0.4, 0.5) is 0 Å². The molecule has 0 aliphatic rings. The third-order valence-corrected chi connectivity index (χ3v) is 10.3. The van der Waals surface area contributed by atoms with E-state index in [1.807, 2.05) is 0 Å². The van der Waals surface area contributed by atoms with E-state index in [9.17, 15) is 0 Å². The van der Waals surface area contributed by atoms with Crippen molar-refractivity contribution in [2.75, 3.05) is 0 Å². The van der Waals surface area contributed by atoms with Crippen molar-refractivity contribution in [2.45, 2.75) is 0 Å². The largest absolute Gasteiger partial charge is 0.0622 e. The molecule has 0 fully saturated rings. The fraction of sp³-hybridized carbons (Fsp3) is 0. The van der Waals surface area contributed by atoms with Crippen molar-refractivity contribution in [3.8, 4) is 55.6 Å². The SMILES string of the molecule is Ic1ccc2c(-c3cccc(-c4cccc(-c5cccc(-c6ccccc6)c5)c4)c3)c3ccccc3c(-c3ccc4ccccc4c3)c2c1. The average molecular weight is 735 g/mol. The summed E-state index contributed by atoms with van der Waals surface area (Å²) in [4.78, 5) is 0. The lowest BCUT2D eigenvalue weighted by Crippen LogP contribution is -1.92. The van der Waals surface area contributed by atoms with Gasteiger partial charge < -0.3 is 0 Å². The third-order valence-electron chi connectivity index (χ3n) is 9.67. The van der Waals surface area contributed by atoms with Gasteiger partial charge in [-0.05, 0) is 147 Å². The molecule has 0 nitrogen and oxygen atoms in total. The minimum atomic E-state index is 1.21. The normalized spacial score (nSPS) is 11.4. The molecule has 230 valence electrons. The minimum Gasteiger partial charge on any atom is -0.0622 e. The molecule has 9 aromatic carbocycles. The van der Waals surface area contributed by atoms with Gasteiger partial charge in [-0.15, -0.1) is 0 Å². The van der Waals surface area contributed by atoms with E-state index < -0.39 is 0 Å². The highest BCUT2D eigenvalue weighted by Gasteiger charge is 2.18. The van der Waals surface area contributed by atoms with E-state index in [4.69, 9.17) is 0 Å². The van der Waals surface area contributed by atoms with Crippen LogP contribution < -0.4 is 0 Å². The van der Waals surface area contributed by atoms with Gasteiger partial charge in [-0.3, -0.25) is 0 Å². The summed E-state index contributed by atoms with van der Waals surface area (Å²) in [6.45, 7) is 0. The highest BCUT2D eigenvalue weighted by Crippen LogP contribution is 2.45. The summed E-state index contributed by atoms with van der Waals surface area (Å²) in [7, 11) is 0. The Bertz CT molecular complexity index is 2670. The summed E-state index contributed by atoms with van der Waals surface area (Å²) in [6, 6.07) is 68.8. The van der Waals surface area contributed by atoms with Gasteiger partial charge >= 0.3 is 0 Å². The maximum absolute atomic E-state index is 2.45. The first-order chi connectivity index (χ1) is 24.2. The van der Waals surface area contributed by atoms with Crippen molar-refractivity contribution in [1.29, 1.82) is 0 Å². The second kappa shape index (κ2) is 12.5. The molecule has 9 rings (SSSR count). The van der Waals surface area contributed by atoms with Crippen molar-refractivity contribution in [3.63, 3.8) is 0 Å². The summed E-state index contributed by atoms with van der Waals surface area (Å²) in [5.41, 5.74) is 12.3. The van der Waals surface area contributed by atoms with Crippen LogP contribution >= 0.6 is 22.6 Å². The summed E-state index contributed by atoms with van der Waals surface area (Å²) < 4.78 is 1.23. The van der Waals surface area contributed by atoms with Crippen LogP contribution in [-0.4, -0.2) is 0 Å². The number of hydrogen-bond acceptors (Lipinski definition) is 0. The molecule has 0 spiro atoms. The highest BCUT2D eigenvalue weighted by molar-refractivity contribution is 14.1. The van der Waals surface area contributed by atoms with E-state index in [0.29, 0.717) is 0 Å². The van der Waals surface area contributed by atoms with Gasteiger partial charge in [0.15, 0.2) is 0 Å². The maximum Gasteiger partial charge on any atom is 0.0136 e. The van der Waals surface area contributed by atoms with E-state index >= 15 is 0 Å². The lowest BCUT2D eigenvalue weighted by Gasteiger charge is -2.19. The molecule has 0 unspecified atom stereocenters. The van der Waals surface area contributed by atoms with Crippen LogP contribution in [0.5, 0.6) is 0 Å². The van der Waals surface area contributed by atoms with Crippen LogP contribution in [0.2, 0.25) is 0 Å². The zero-order valence-electron chi connectivity index (χ0n) is 26.8. The molecule has 0 saturated carbocycles. The van der Waals surface area contributed by atoms with Crippen LogP contribution in [0, 0.1) is 3.57 Å². The Morgan fingerprint density at radius 2 is 0.694 bits per heavy atom. The zero-order chi connectivity index (χ0) is 32.7. The topological polar surface area (TPSA) is 0 Å². The molecule has 0 heterocycles. The zero-order valence-corrected chi connectivity index (χ0v) is 28.9. The Kier molecular flexibility index (Phi) is 7.56. The standard InChI is InChI=1S/C48H31I/c49-42-25-26-45-46(31-42)48(41-24-23-33-13-4-5-14-34(33)29-41)44-22-7-6-21-43(44)47(45)40-20-10-19-39(30-40)38-18-9-17-37(28-38)36-16-8-15-35(27-36)32-11-2-1-3-12-32/h1-31H. The van der Waals surface area contributed by atoms with E-state index in [1.165, 1.54) is 91.5 Å². The smallest absolute Gasteiger partial charge is 0.0136 e. The molecule has 9 aromatic rings. The van der Waals surface area contributed by atoms with Gasteiger partial charge in [0.25, 0.3) is 0 Å². The molecule has 0 aromatic heterocycles. The first-order valence-electron chi connectivity index (χ1n) is 16.7. The Morgan fingerprint density at radius 1 is 0.245 bits per heavy atom. The molecular weight excluding hydrogens is 703 g/mol. The van der Waals surface area contributed by atoms with E-state index in [-0.39, 0.29) is 0 Å². The van der Waals surface area contributed by atoms with Gasteiger partial charge in [0.1, 0.15) is 0 Å². The Morgan fingerprint density at radius 3 is 1.35 bits per heavy atom. The van der Waals surface area contributed by atoms with Crippen molar-refractivity contribution >= 4 is 54.9 Å². The lowest BCUT2D eigenvalue weighted by molar-refractivity contribution is 1.57. The van der Waals surface area contributed by atoms with E-state index in [1.54, 1.807) is 0 Å². The number of hydrogen-bond donors (Lipinski definition) is 0. The average Bonchev–Trinajstić information content (AvgIpc) is 3.17. The van der Waals surface area contributed by atoms with Crippen molar-refractivity contribution < 1.29 is 0 Å². The van der Waals surface area contributed by atoms with Crippen LogP contribution in [-0.2, 0) is 0 Å². The second-order valence-corrected chi connectivity index (χ2v) is 13.9. The van der Waals surface area contributed by atoms with Crippen molar-refractivity contribution in [1.82, 2.24) is 0 Å². The number of fused-ring (bicyclic) bond motifs is 3. The monoisotopic (exact) mass is 734 g/mol. The van der Waals surface area contributed by atoms with Crippen LogP contribution in [0.25, 0.3) is 88.0 Å². The molecule has 0 amide bonds. The maximum atomic E-state index is 2.45. The van der Waals surface area contributed by atoms with E-state index in [2.05, 4.69) is 211 Å². The molecule has 0 radical (unpaired) electrons. The predicted octanol–water partition coefficient (Wildman–Crippen LogP) is 14.1. The van der Waals surface area contributed by atoms with Gasteiger partial charge in [-0.2, -0.15) is 0 Å². The van der Waals surface area contributed by atoms with Gasteiger partial charge in [-0.1, -0.05) is 152 Å². The Hall–Kier alpha value is -5.51. The summed E-state index contributed by atoms with van der Waals surface area (Å²) >= 11 is 2.45. The summed E-state index contributed by atoms with van der Waals surface area (Å²) in [5, 5.41) is 7.60. The molecule has 0 saturated heterocycles. The van der Waals surface area contributed by atoms with Gasteiger partial charge in [-0.25, -0.2) is 0 Å². The van der Waals surface area contributed by atoms with Crippen LogP contribution in [0.1, 0.15) is 0 Å². The van der Waals surface area contributed by atoms with Gasteiger partial charge in [0.2, 0.25) is 0 Å². The second-order valence-electron chi connectivity index (χ2n) is 12.7. The lowest BCUT2D eigenvalue weighted by atomic mass is 9.85. The fourth-order valence-corrected chi connectivity index (χ4v) is 7.85. The van der Waals surface area contributed by atoms with Crippen LogP contribution in [0.3, 0.4) is 0 Å². The quantitative estimate of drug-likeness (QED) is 0.122. The van der Waals surface area contributed by atoms with Crippen molar-refractivity contribution in [2.24, 2.45) is 0 Å². The molecule has 0 N–H and O–H groups in total.